The molecule has 0 unspecified atom stereocenters. The van der Waals surface area contributed by atoms with Gasteiger partial charge in [0.25, 0.3) is 5.56 Å². The maximum Gasteiger partial charge on any atom is 0.259 e. The summed E-state index contributed by atoms with van der Waals surface area (Å²) in [5.41, 5.74) is 1.44. The lowest BCUT2D eigenvalue weighted by molar-refractivity contribution is -0.250. The van der Waals surface area contributed by atoms with Gasteiger partial charge in [-0.05, 0) is 58.8 Å². The molecule has 2 rings (SSSR count). The molecule has 0 N–H and O–H groups in total. The minimum Gasteiger partial charge on any atom is -0.529 e. The van der Waals surface area contributed by atoms with Gasteiger partial charge in [0.15, 0.2) is 0 Å². The summed E-state index contributed by atoms with van der Waals surface area (Å²) < 4.78 is 1.67. The van der Waals surface area contributed by atoms with Gasteiger partial charge in [0.2, 0.25) is 0 Å². The van der Waals surface area contributed by atoms with Crippen LogP contribution < -0.4 is 10.7 Å². The SMILES string of the molecule is Cc1c(-c2ccc(I)cc2)ccn(C(=O)[O-])c1=O. The highest BCUT2D eigenvalue weighted by molar-refractivity contribution is 14.1. The van der Waals surface area contributed by atoms with Crippen molar-refractivity contribution in [2.24, 2.45) is 0 Å². The first kappa shape index (κ1) is 12.8. The lowest BCUT2D eigenvalue weighted by Crippen LogP contribution is -2.37. The normalized spacial score (nSPS) is 10.3. The molecule has 0 spiro atoms. The van der Waals surface area contributed by atoms with Crippen molar-refractivity contribution in [3.8, 4) is 11.1 Å². The largest absolute Gasteiger partial charge is 0.529 e. The van der Waals surface area contributed by atoms with Gasteiger partial charge in [-0.25, -0.2) is 0 Å². The Morgan fingerprint density at radius 1 is 1.22 bits per heavy atom. The molecule has 0 aliphatic rings. The average molecular weight is 354 g/mol. The molecule has 0 bridgehead atoms. The smallest absolute Gasteiger partial charge is 0.259 e. The Hall–Kier alpha value is -1.63. The molecular weight excluding hydrogens is 345 g/mol. The molecular formula is C13H9INO3-. The first-order valence-corrected chi connectivity index (χ1v) is 6.28. The van der Waals surface area contributed by atoms with Crippen LogP contribution in [0.5, 0.6) is 0 Å². The molecule has 0 saturated carbocycles. The number of benzene rings is 1. The van der Waals surface area contributed by atoms with E-state index in [4.69, 9.17) is 0 Å². The lowest BCUT2D eigenvalue weighted by atomic mass is 10.0. The molecule has 1 heterocycles. The van der Waals surface area contributed by atoms with Crippen LogP contribution in [0.1, 0.15) is 5.56 Å². The molecule has 18 heavy (non-hydrogen) atoms. The summed E-state index contributed by atoms with van der Waals surface area (Å²) >= 11 is 2.19. The molecule has 0 fully saturated rings. The fraction of sp³-hybridized carbons (Fsp3) is 0.0769. The van der Waals surface area contributed by atoms with Crippen LogP contribution >= 0.6 is 22.6 Å². The number of rotatable bonds is 1. The molecule has 2 aromatic rings. The van der Waals surface area contributed by atoms with Crippen molar-refractivity contribution in [2.75, 3.05) is 0 Å². The molecule has 0 atom stereocenters. The molecule has 1 aromatic heterocycles. The summed E-state index contributed by atoms with van der Waals surface area (Å²) in [7, 11) is 0. The van der Waals surface area contributed by atoms with Crippen LogP contribution in [0.25, 0.3) is 11.1 Å². The predicted octanol–water partition coefficient (Wildman–Crippen LogP) is 1.62. The molecule has 4 nitrogen and oxygen atoms in total. The zero-order valence-electron chi connectivity index (χ0n) is 9.51. The van der Waals surface area contributed by atoms with Crippen LogP contribution in [0, 0.1) is 10.5 Å². The number of pyridine rings is 1. The van der Waals surface area contributed by atoms with E-state index < -0.39 is 11.7 Å². The van der Waals surface area contributed by atoms with Crippen LogP contribution in [-0.2, 0) is 0 Å². The Bertz CT molecular complexity index is 659. The van der Waals surface area contributed by atoms with E-state index in [1.54, 1.807) is 13.0 Å². The third-order valence-corrected chi connectivity index (χ3v) is 3.40. The Balaban J connectivity index is 2.61. The van der Waals surface area contributed by atoms with E-state index in [9.17, 15) is 14.7 Å². The van der Waals surface area contributed by atoms with Gasteiger partial charge in [0, 0.05) is 15.3 Å². The highest BCUT2D eigenvalue weighted by Crippen LogP contribution is 2.21. The highest BCUT2D eigenvalue weighted by Gasteiger charge is 2.08. The topological polar surface area (TPSA) is 62.1 Å². The summed E-state index contributed by atoms with van der Waals surface area (Å²) in [6.45, 7) is 1.61. The first-order valence-electron chi connectivity index (χ1n) is 5.20. The van der Waals surface area contributed by atoms with E-state index in [1.165, 1.54) is 6.20 Å². The second-order valence-electron chi connectivity index (χ2n) is 3.80. The minimum absolute atomic E-state index is 0.392. The molecule has 5 heteroatoms. The number of carbonyl (C=O) groups is 1. The monoisotopic (exact) mass is 354 g/mol. The fourth-order valence-electron chi connectivity index (χ4n) is 1.72. The van der Waals surface area contributed by atoms with Gasteiger partial charge < -0.3 is 9.90 Å². The van der Waals surface area contributed by atoms with Crippen molar-refractivity contribution in [3.63, 3.8) is 0 Å². The second kappa shape index (κ2) is 4.93. The Morgan fingerprint density at radius 2 is 1.83 bits per heavy atom. The first-order chi connectivity index (χ1) is 8.50. The van der Waals surface area contributed by atoms with Crippen LogP contribution in [0.3, 0.4) is 0 Å². The molecule has 1 aromatic carbocycles. The van der Waals surface area contributed by atoms with Gasteiger partial charge in [-0.3, -0.25) is 9.36 Å². The van der Waals surface area contributed by atoms with Crippen LogP contribution in [0.15, 0.2) is 41.3 Å². The third kappa shape index (κ3) is 2.31. The van der Waals surface area contributed by atoms with Gasteiger partial charge in [-0.2, -0.15) is 0 Å². The number of carbonyl (C=O) groups excluding carboxylic acids is 1. The van der Waals surface area contributed by atoms with Gasteiger partial charge >= 0.3 is 0 Å². The number of nitrogens with zero attached hydrogens (tertiary/aromatic N) is 1. The zero-order valence-corrected chi connectivity index (χ0v) is 11.7. The van der Waals surface area contributed by atoms with Gasteiger partial charge in [-0.15, -0.1) is 0 Å². The van der Waals surface area contributed by atoms with Gasteiger partial charge in [0.05, 0.1) is 0 Å². The van der Waals surface area contributed by atoms with E-state index in [-0.39, 0.29) is 0 Å². The van der Waals surface area contributed by atoms with Crippen molar-refractivity contribution >= 4 is 28.7 Å². The van der Waals surface area contributed by atoms with E-state index in [0.717, 1.165) is 14.7 Å². The summed E-state index contributed by atoms with van der Waals surface area (Å²) in [6, 6.07) is 9.26. The van der Waals surface area contributed by atoms with Gasteiger partial charge in [-0.1, -0.05) is 12.1 Å². The van der Waals surface area contributed by atoms with Gasteiger partial charge in [0.1, 0.15) is 6.09 Å². The van der Waals surface area contributed by atoms with Crippen molar-refractivity contribution in [1.82, 2.24) is 4.57 Å². The molecule has 0 radical (unpaired) electrons. The third-order valence-electron chi connectivity index (χ3n) is 2.69. The van der Waals surface area contributed by atoms with Crippen LogP contribution in [0.2, 0.25) is 0 Å². The Kier molecular flexibility index (Phi) is 3.51. The van der Waals surface area contributed by atoms with Crippen molar-refractivity contribution in [1.29, 1.82) is 0 Å². The van der Waals surface area contributed by atoms with E-state index in [0.29, 0.717) is 10.1 Å². The lowest BCUT2D eigenvalue weighted by Gasteiger charge is -2.10. The van der Waals surface area contributed by atoms with Crippen LogP contribution in [-0.4, -0.2) is 10.7 Å². The predicted molar refractivity (Wildman–Crippen MR) is 74.4 cm³/mol. The highest BCUT2D eigenvalue weighted by atomic mass is 127. The molecule has 0 aliphatic heterocycles. The van der Waals surface area contributed by atoms with Crippen molar-refractivity contribution in [2.45, 2.75) is 6.92 Å². The van der Waals surface area contributed by atoms with E-state index >= 15 is 0 Å². The fourth-order valence-corrected chi connectivity index (χ4v) is 2.08. The quantitative estimate of drug-likeness (QED) is 0.732. The second-order valence-corrected chi connectivity index (χ2v) is 5.05. The maximum absolute atomic E-state index is 11.8. The summed E-state index contributed by atoms with van der Waals surface area (Å²) in [6.07, 6.45) is -0.296. The molecule has 0 aliphatic carbocycles. The summed E-state index contributed by atoms with van der Waals surface area (Å²) in [5, 5.41) is 10.7. The minimum atomic E-state index is -1.52. The Morgan fingerprint density at radius 3 is 2.39 bits per heavy atom. The number of aromatic nitrogens is 1. The maximum atomic E-state index is 11.8. The van der Waals surface area contributed by atoms with Crippen molar-refractivity contribution < 1.29 is 9.90 Å². The molecule has 0 saturated heterocycles. The molecule has 0 amide bonds. The summed E-state index contributed by atoms with van der Waals surface area (Å²) in [4.78, 5) is 22.5. The van der Waals surface area contributed by atoms with E-state index in [1.807, 2.05) is 24.3 Å². The number of hydrogen-bond acceptors (Lipinski definition) is 3. The summed E-state index contributed by atoms with van der Waals surface area (Å²) in [5.74, 6) is 0. The van der Waals surface area contributed by atoms with E-state index in [2.05, 4.69) is 22.6 Å². The zero-order chi connectivity index (χ0) is 13.3. The number of halogens is 1. The average Bonchev–Trinajstić information content (AvgIpc) is 2.33. The number of hydrogen-bond donors (Lipinski definition) is 0. The number of carboxylic acid groups (broad SMARTS) is 1. The Labute approximate surface area is 117 Å². The molecule has 92 valence electrons. The standard InChI is InChI=1S/C13H10INO3/c1-8-11(9-2-4-10(14)5-3-9)6-7-15(12(8)16)13(17)18/h2-7H,1H3,(H,17,18)/p-1. The van der Waals surface area contributed by atoms with Crippen LogP contribution in [0.4, 0.5) is 4.79 Å². The van der Waals surface area contributed by atoms with Crippen molar-refractivity contribution in [3.05, 3.63) is 56.0 Å².